The number of benzene rings is 2. The summed E-state index contributed by atoms with van der Waals surface area (Å²) in [6.45, 7) is 0.986. The molecule has 0 saturated heterocycles. The van der Waals surface area contributed by atoms with E-state index in [-0.39, 0.29) is 23.3 Å². The van der Waals surface area contributed by atoms with Gasteiger partial charge in [-0.1, -0.05) is 12.1 Å². The standard InChI is InChI=1S/C18H21NO3/c1-19(2)8-7-13-10-17(21)18(22)11-15(13)16(19)9-12-3-5-14(20)6-4-12/h3-6,10-11,16H,7-9H2,1-2H3,(H2-,20,21,22)/p+1. The average Bonchev–Trinajstić information content (AvgIpc) is 2.46. The van der Waals surface area contributed by atoms with Gasteiger partial charge in [0.25, 0.3) is 0 Å². The highest BCUT2D eigenvalue weighted by Gasteiger charge is 2.36. The monoisotopic (exact) mass is 300 g/mol. The molecule has 0 spiro atoms. The van der Waals surface area contributed by atoms with Crippen LogP contribution >= 0.6 is 0 Å². The van der Waals surface area contributed by atoms with Crippen LogP contribution in [0.4, 0.5) is 0 Å². The summed E-state index contributed by atoms with van der Waals surface area (Å²) in [7, 11) is 4.38. The summed E-state index contributed by atoms with van der Waals surface area (Å²) in [6.07, 6.45) is 1.72. The van der Waals surface area contributed by atoms with E-state index in [2.05, 4.69) is 14.1 Å². The molecule has 3 N–H and O–H groups in total. The van der Waals surface area contributed by atoms with Gasteiger partial charge in [-0.2, -0.15) is 0 Å². The number of rotatable bonds is 2. The predicted octanol–water partition coefficient (Wildman–Crippen LogP) is 2.72. The molecule has 3 rings (SSSR count). The first-order valence-corrected chi connectivity index (χ1v) is 7.52. The van der Waals surface area contributed by atoms with Crippen molar-refractivity contribution in [2.75, 3.05) is 20.6 Å². The Labute approximate surface area is 130 Å². The van der Waals surface area contributed by atoms with E-state index in [1.165, 1.54) is 0 Å². The highest BCUT2D eigenvalue weighted by Crippen LogP contribution is 2.40. The van der Waals surface area contributed by atoms with Crippen molar-refractivity contribution < 1.29 is 19.8 Å². The van der Waals surface area contributed by atoms with Gasteiger partial charge in [-0.15, -0.1) is 0 Å². The number of quaternary nitrogens is 1. The minimum atomic E-state index is -0.0589. The number of hydrogen-bond donors (Lipinski definition) is 3. The van der Waals surface area contributed by atoms with Crippen LogP contribution in [0.25, 0.3) is 0 Å². The predicted molar refractivity (Wildman–Crippen MR) is 85.0 cm³/mol. The molecule has 0 saturated carbocycles. The molecule has 1 aliphatic rings. The molecular weight excluding hydrogens is 278 g/mol. The second-order valence-corrected chi connectivity index (χ2v) is 6.68. The number of fused-ring (bicyclic) bond motifs is 1. The van der Waals surface area contributed by atoms with Crippen molar-refractivity contribution in [3.8, 4) is 17.2 Å². The van der Waals surface area contributed by atoms with E-state index < -0.39 is 0 Å². The van der Waals surface area contributed by atoms with E-state index in [4.69, 9.17) is 0 Å². The molecule has 0 radical (unpaired) electrons. The number of phenols is 3. The van der Waals surface area contributed by atoms with Crippen molar-refractivity contribution in [1.82, 2.24) is 0 Å². The third kappa shape index (κ3) is 2.62. The number of aromatic hydroxyl groups is 3. The molecule has 1 aliphatic heterocycles. The highest BCUT2D eigenvalue weighted by atomic mass is 16.3. The van der Waals surface area contributed by atoms with Crippen LogP contribution in [0.15, 0.2) is 36.4 Å². The van der Waals surface area contributed by atoms with Gasteiger partial charge >= 0.3 is 0 Å². The maximum Gasteiger partial charge on any atom is 0.157 e. The van der Waals surface area contributed by atoms with Crippen LogP contribution in [-0.2, 0) is 12.8 Å². The fraction of sp³-hybridized carbons (Fsp3) is 0.333. The first-order valence-electron chi connectivity index (χ1n) is 7.52. The van der Waals surface area contributed by atoms with Crippen LogP contribution in [0.3, 0.4) is 0 Å². The minimum absolute atomic E-state index is 0.0469. The van der Waals surface area contributed by atoms with Gasteiger partial charge in [0.2, 0.25) is 0 Å². The number of likely N-dealkylation sites (N-methyl/N-ethyl adjacent to an activating group) is 1. The Balaban J connectivity index is 2.01. The van der Waals surface area contributed by atoms with Crippen molar-refractivity contribution in [1.29, 1.82) is 0 Å². The van der Waals surface area contributed by atoms with E-state index in [1.54, 1.807) is 24.3 Å². The third-order valence-corrected chi connectivity index (χ3v) is 4.76. The summed E-state index contributed by atoms with van der Waals surface area (Å²) in [5.74, 6) is 0.162. The Kier molecular flexibility index (Phi) is 3.49. The summed E-state index contributed by atoms with van der Waals surface area (Å²) in [6, 6.07) is 10.9. The maximum atomic E-state index is 9.88. The Morgan fingerprint density at radius 1 is 1.00 bits per heavy atom. The lowest BCUT2D eigenvalue weighted by molar-refractivity contribution is -0.923. The van der Waals surface area contributed by atoms with Gasteiger partial charge in [0, 0.05) is 18.4 Å². The topological polar surface area (TPSA) is 60.7 Å². The fourth-order valence-corrected chi connectivity index (χ4v) is 3.32. The Morgan fingerprint density at radius 2 is 1.64 bits per heavy atom. The van der Waals surface area contributed by atoms with Crippen LogP contribution in [-0.4, -0.2) is 40.4 Å². The molecule has 0 aliphatic carbocycles. The van der Waals surface area contributed by atoms with Crippen LogP contribution in [0.2, 0.25) is 0 Å². The second-order valence-electron chi connectivity index (χ2n) is 6.68. The maximum absolute atomic E-state index is 9.88. The van der Waals surface area contributed by atoms with E-state index >= 15 is 0 Å². The van der Waals surface area contributed by atoms with Crippen molar-refractivity contribution in [2.24, 2.45) is 0 Å². The van der Waals surface area contributed by atoms with Gasteiger partial charge < -0.3 is 19.8 Å². The molecule has 4 heteroatoms. The smallest absolute Gasteiger partial charge is 0.157 e. The quantitative estimate of drug-likeness (QED) is 0.590. The minimum Gasteiger partial charge on any atom is -0.508 e. The molecule has 1 unspecified atom stereocenters. The number of phenolic OH excluding ortho intramolecular Hbond substituents is 3. The van der Waals surface area contributed by atoms with Crippen LogP contribution in [0.1, 0.15) is 22.7 Å². The normalized spacial score (nSPS) is 19.6. The Bertz CT molecular complexity index is 692. The number of hydrogen-bond acceptors (Lipinski definition) is 3. The van der Waals surface area contributed by atoms with E-state index in [1.807, 2.05) is 12.1 Å². The zero-order chi connectivity index (χ0) is 15.9. The van der Waals surface area contributed by atoms with Gasteiger partial charge in [-0.05, 0) is 35.4 Å². The number of nitrogens with zero attached hydrogens (tertiary/aromatic N) is 1. The van der Waals surface area contributed by atoms with Gasteiger partial charge in [0.05, 0.1) is 20.6 Å². The van der Waals surface area contributed by atoms with Crippen molar-refractivity contribution in [2.45, 2.75) is 18.9 Å². The van der Waals surface area contributed by atoms with Crippen molar-refractivity contribution in [3.63, 3.8) is 0 Å². The van der Waals surface area contributed by atoms with Crippen LogP contribution in [0.5, 0.6) is 17.2 Å². The first kappa shape index (κ1) is 14.7. The Morgan fingerprint density at radius 3 is 2.32 bits per heavy atom. The molecule has 22 heavy (non-hydrogen) atoms. The molecule has 2 aromatic rings. The van der Waals surface area contributed by atoms with E-state index in [0.29, 0.717) is 0 Å². The van der Waals surface area contributed by atoms with E-state index in [9.17, 15) is 15.3 Å². The molecule has 116 valence electrons. The Hall–Kier alpha value is -2.20. The zero-order valence-corrected chi connectivity index (χ0v) is 13.0. The van der Waals surface area contributed by atoms with Crippen LogP contribution in [0, 0.1) is 0 Å². The molecule has 1 atom stereocenters. The second kappa shape index (κ2) is 5.21. The third-order valence-electron chi connectivity index (χ3n) is 4.76. The molecule has 4 nitrogen and oxygen atoms in total. The van der Waals surface area contributed by atoms with Gasteiger partial charge in [0.1, 0.15) is 11.8 Å². The summed E-state index contributed by atoms with van der Waals surface area (Å²) in [5, 5.41) is 29.0. The molecule has 0 bridgehead atoms. The van der Waals surface area contributed by atoms with Gasteiger partial charge in [0.15, 0.2) is 11.5 Å². The fourth-order valence-electron chi connectivity index (χ4n) is 3.32. The molecule has 2 aromatic carbocycles. The summed E-state index contributed by atoms with van der Waals surface area (Å²) < 4.78 is 0.831. The SMILES string of the molecule is C[N+]1(C)CCc2cc(O)c(O)cc2C1Cc1ccc(O)cc1. The molecular formula is C18H22NO3+. The highest BCUT2D eigenvalue weighted by molar-refractivity contribution is 5.47. The first-order chi connectivity index (χ1) is 10.4. The molecule has 0 aromatic heterocycles. The summed E-state index contributed by atoms with van der Waals surface area (Å²) >= 11 is 0. The molecule has 0 fully saturated rings. The van der Waals surface area contributed by atoms with Gasteiger partial charge in [-0.25, -0.2) is 0 Å². The van der Waals surface area contributed by atoms with Crippen LogP contribution < -0.4 is 0 Å². The summed E-state index contributed by atoms with van der Waals surface area (Å²) in [4.78, 5) is 0. The van der Waals surface area contributed by atoms with E-state index in [0.717, 1.165) is 40.6 Å². The lowest BCUT2D eigenvalue weighted by Gasteiger charge is -2.43. The lowest BCUT2D eigenvalue weighted by atomic mass is 9.87. The largest absolute Gasteiger partial charge is 0.508 e. The zero-order valence-electron chi connectivity index (χ0n) is 13.0. The molecule has 0 amide bonds. The van der Waals surface area contributed by atoms with Crippen molar-refractivity contribution >= 4 is 0 Å². The average molecular weight is 300 g/mol. The van der Waals surface area contributed by atoms with Gasteiger partial charge in [-0.3, -0.25) is 0 Å². The lowest BCUT2D eigenvalue weighted by Crippen LogP contribution is -2.48. The molecule has 1 heterocycles. The summed E-state index contributed by atoms with van der Waals surface area (Å²) in [5.41, 5.74) is 3.35. The van der Waals surface area contributed by atoms with Crippen molar-refractivity contribution in [3.05, 3.63) is 53.1 Å².